The third-order valence-electron chi connectivity index (χ3n) is 2.82. The van der Waals surface area contributed by atoms with Crippen molar-refractivity contribution < 1.29 is 4.39 Å². The summed E-state index contributed by atoms with van der Waals surface area (Å²) in [5.74, 6) is -0.162. The Morgan fingerprint density at radius 3 is 2.83 bits per heavy atom. The highest BCUT2D eigenvalue weighted by Crippen LogP contribution is 2.29. The lowest BCUT2D eigenvalue weighted by atomic mass is 10.00. The van der Waals surface area contributed by atoms with Crippen molar-refractivity contribution in [1.29, 1.82) is 0 Å². The fourth-order valence-electron chi connectivity index (χ4n) is 2.01. The molecule has 1 N–H and O–H groups in total. The summed E-state index contributed by atoms with van der Waals surface area (Å²) in [6.45, 7) is 2.85. The lowest BCUT2D eigenvalue weighted by Crippen LogP contribution is -2.24. The zero-order valence-electron chi connectivity index (χ0n) is 10.1. The third kappa shape index (κ3) is 3.19. The summed E-state index contributed by atoms with van der Waals surface area (Å²) < 4.78 is 14.8. The molecule has 2 aromatic rings. The molecule has 0 fully saturated rings. The topological polar surface area (TPSA) is 12.0 Å². The molecule has 96 valence electrons. The first kappa shape index (κ1) is 13.7. The first-order valence-corrected chi connectivity index (χ1v) is 7.64. The van der Waals surface area contributed by atoms with Crippen molar-refractivity contribution in [3.63, 3.8) is 0 Å². The van der Waals surface area contributed by atoms with Crippen LogP contribution in [0, 0.1) is 5.82 Å². The van der Waals surface area contributed by atoms with Gasteiger partial charge in [-0.15, -0.1) is 0 Å². The molecule has 1 heterocycles. The van der Waals surface area contributed by atoms with E-state index in [1.165, 1.54) is 11.6 Å². The van der Waals surface area contributed by atoms with Crippen LogP contribution in [-0.2, 0) is 6.42 Å². The molecule has 0 amide bonds. The minimum atomic E-state index is -0.162. The molecule has 1 nitrogen and oxygen atoms in total. The average Bonchev–Trinajstić information content (AvgIpc) is 2.82. The van der Waals surface area contributed by atoms with Crippen molar-refractivity contribution in [2.24, 2.45) is 0 Å². The average molecular weight is 328 g/mol. The molecule has 2 rings (SSSR count). The Labute approximate surface area is 119 Å². The monoisotopic (exact) mass is 327 g/mol. The molecule has 4 heteroatoms. The summed E-state index contributed by atoms with van der Waals surface area (Å²) in [4.78, 5) is 0. The molecule has 1 unspecified atom stereocenters. The summed E-state index contributed by atoms with van der Waals surface area (Å²) in [5.41, 5.74) is 1.95. The summed E-state index contributed by atoms with van der Waals surface area (Å²) in [6, 6.07) is 7.20. The second kappa shape index (κ2) is 6.45. The van der Waals surface area contributed by atoms with E-state index in [9.17, 15) is 4.39 Å². The molecular formula is C14H15BrFNS. The van der Waals surface area contributed by atoms with Crippen molar-refractivity contribution >= 4 is 27.3 Å². The van der Waals surface area contributed by atoms with E-state index < -0.39 is 0 Å². The van der Waals surface area contributed by atoms with Gasteiger partial charge in [-0.3, -0.25) is 0 Å². The number of likely N-dealkylation sites (N-methyl/N-ethyl adjacent to an activating group) is 1. The number of halogens is 2. The van der Waals surface area contributed by atoms with Gasteiger partial charge in [0.25, 0.3) is 0 Å². The molecule has 0 saturated carbocycles. The van der Waals surface area contributed by atoms with Gasteiger partial charge in [0.2, 0.25) is 0 Å². The van der Waals surface area contributed by atoms with Crippen molar-refractivity contribution in [2.45, 2.75) is 19.4 Å². The molecule has 0 aliphatic carbocycles. The predicted octanol–water partition coefficient (Wildman–Crippen LogP) is 4.54. The van der Waals surface area contributed by atoms with Gasteiger partial charge in [0, 0.05) is 16.1 Å². The van der Waals surface area contributed by atoms with Crippen LogP contribution in [0.1, 0.15) is 24.1 Å². The predicted molar refractivity (Wildman–Crippen MR) is 78.5 cm³/mol. The van der Waals surface area contributed by atoms with E-state index in [1.54, 1.807) is 17.4 Å². The second-order valence-electron chi connectivity index (χ2n) is 4.08. The van der Waals surface area contributed by atoms with Gasteiger partial charge in [-0.05, 0) is 47.5 Å². The molecule has 0 aliphatic heterocycles. The van der Waals surface area contributed by atoms with E-state index in [4.69, 9.17) is 0 Å². The van der Waals surface area contributed by atoms with E-state index in [0.29, 0.717) is 5.56 Å². The quantitative estimate of drug-likeness (QED) is 0.849. The normalized spacial score (nSPS) is 12.6. The first-order chi connectivity index (χ1) is 8.72. The van der Waals surface area contributed by atoms with E-state index in [-0.39, 0.29) is 11.9 Å². The van der Waals surface area contributed by atoms with E-state index in [0.717, 1.165) is 17.4 Å². The maximum absolute atomic E-state index is 14.0. The minimum Gasteiger partial charge on any atom is -0.310 e. The summed E-state index contributed by atoms with van der Waals surface area (Å²) in [6.07, 6.45) is 0.802. The van der Waals surface area contributed by atoms with Crippen LogP contribution in [0.3, 0.4) is 0 Å². The Morgan fingerprint density at radius 1 is 1.39 bits per heavy atom. The summed E-state index contributed by atoms with van der Waals surface area (Å²) in [5, 5.41) is 7.51. The van der Waals surface area contributed by atoms with Gasteiger partial charge in [0.1, 0.15) is 5.82 Å². The highest BCUT2D eigenvalue weighted by Gasteiger charge is 2.18. The minimum absolute atomic E-state index is 0.000162. The van der Waals surface area contributed by atoms with Gasteiger partial charge in [-0.2, -0.15) is 11.3 Å². The highest BCUT2D eigenvalue weighted by atomic mass is 79.9. The Hall–Kier alpha value is -0.710. The van der Waals surface area contributed by atoms with Crippen LogP contribution in [0.2, 0.25) is 0 Å². The van der Waals surface area contributed by atoms with Crippen molar-refractivity contribution in [2.75, 3.05) is 6.54 Å². The Bertz CT molecular complexity index is 478. The van der Waals surface area contributed by atoms with Gasteiger partial charge in [-0.25, -0.2) is 4.39 Å². The number of hydrogen-bond donors (Lipinski definition) is 1. The van der Waals surface area contributed by atoms with Crippen LogP contribution in [0.15, 0.2) is 39.5 Å². The molecule has 1 aromatic heterocycles. The van der Waals surface area contributed by atoms with E-state index in [2.05, 4.69) is 38.1 Å². The maximum atomic E-state index is 14.0. The molecule has 0 spiro atoms. The van der Waals surface area contributed by atoms with Crippen LogP contribution in [0.25, 0.3) is 0 Å². The second-order valence-corrected chi connectivity index (χ2v) is 5.72. The van der Waals surface area contributed by atoms with Gasteiger partial charge < -0.3 is 5.32 Å². The largest absolute Gasteiger partial charge is 0.310 e. The van der Waals surface area contributed by atoms with Gasteiger partial charge in [0.05, 0.1) is 0 Å². The van der Waals surface area contributed by atoms with Crippen LogP contribution >= 0.6 is 27.3 Å². The van der Waals surface area contributed by atoms with Gasteiger partial charge in [-0.1, -0.05) is 28.9 Å². The van der Waals surface area contributed by atoms with Crippen LogP contribution in [0.5, 0.6) is 0 Å². The number of thiophene rings is 1. The zero-order chi connectivity index (χ0) is 13.0. The molecule has 1 atom stereocenters. The molecule has 0 bridgehead atoms. The van der Waals surface area contributed by atoms with Crippen molar-refractivity contribution in [1.82, 2.24) is 5.32 Å². The Morgan fingerprint density at radius 2 is 2.22 bits per heavy atom. The van der Waals surface area contributed by atoms with E-state index >= 15 is 0 Å². The smallest absolute Gasteiger partial charge is 0.129 e. The molecule has 1 aromatic carbocycles. The lowest BCUT2D eigenvalue weighted by molar-refractivity contribution is 0.508. The van der Waals surface area contributed by atoms with Crippen molar-refractivity contribution in [3.05, 3.63) is 56.4 Å². The van der Waals surface area contributed by atoms with Crippen LogP contribution < -0.4 is 5.32 Å². The van der Waals surface area contributed by atoms with Gasteiger partial charge >= 0.3 is 0 Å². The SMILES string of the molecule is CCNC(Cc1ccsc1)c1c(F)cccc1Br. The summed E-state index contributed by atoms with van der Waals surface area (Å²) in [7, 11) is 0. The van der Waals surface area contributed by atoms with Crippen molar-refractivity contribution in [3.8, 4) is 0 Å². The molecular weight excluding hydrogens is 313 g/mol. The van der Waals surface area contributed by atoms with Crippen LogP contribution in [0.4, 0.5) is 4.39 Å². The van der Waals surface area contributed by atoms with Gasteiger partial charge in [0.15, 0.2) is 0 Å². The fourth-order valence-corrected chi connectivity index (χ4v) is 3.31. The zero-order valence-corrected chi connectivity index (χ0v) is 12.5. The summed E-state index contributed by atoms with van der Waals surface area (Å²) >= 11 is 5.11. The molecule has 18 heavy (non-hydrogen) atoms. The number of rotatable bonds is 5. The Kier molecular flexibility index (Phi) is 4.92. The van der Waals surface area contributed by atoms with E-state index in [1.807, 2.05) is 13.0 Å². The standard InChI is InChI=1S/C14H15BrFNS/c1-2-17-13(8-10-6-7-18-9-10)14-11(15)4-3-5-12(14)16/h3-7,9,13,17H,2,8H2,1H3. The first-order valence-electron chi connectivity index (χ1n) is 5.90. The number of hydrogen-bond acceptors (Lipinski definition) is 2. The number of benzene rings is 1. The molecule has 0 radical (unpaired) electrons. The highest BCUT2D eigenvalue weighted by molar-refractivity contribution is 9.10. The third-order valence-corrected chi connectivity index (χ3v) is 4.24. The van der Waals surface area contributed by atoms with Crippen LogP contribution in [-0.4, -0.2) is 6.54 Å². The maximum Gasteiger partial charge on any atom is 0.129 e. The fraction of sp³-hybridized carbons (Fsp3) is 0.286. The number of nitrogens with one attached hydrogen (secondary N) is 1. The Balaban J connectivity index is 2.29. The lowest BCUT2D eigenvalue weighted by Gasteiger charge is -2.20. The molecule has 0 aliphatic rings. The molecule has 0 saturated heterocycles.